The van der Waals surface area contributed by atoms with Crippen LogP contribution in [-0.2, 0) is 11.3 Å². The third kappa shape index (κ3) is 4.13. The summed E-state index contributed by atoms with van der Waals surface area (Å²) in [6.07, 6.45) is 0. The predicted octanol–water partition coefficient (Wildman–Crippen LogP) is 3.97. The van der Waals surface area contributed by atoms with Crippen LogP contribution >= 0.6 is 11.6 Å². The highest BCUT2D eigenvalue weighted by molar-refractivity contribution is 6.31. The Hall–Kier alpha value is -2.27. The molecule has 0 aliphatic carbocycles. The van der Waals surface area contributed by atoms with Crippen LogP contribution in [0.1, 0.15) is 12.5 Å². The molecule has 23 heavy (non-hydrogen) atoms. The number of carboxylic acids is 1. The maximum Gasteiger partial charge on any atom is 0.326 e. The van der Waals surface area contributed by atoms with Crippen molar-refractivity contribution in [1.82, 2.24) is 0 Å². The zero-order valence-electron chi connectivity index (χ0n) is 12.8. The summed E-state index contributed by atoms with van der Waals surface area (Å²) in [5.74, 6) is -0.837. The standard InChI is InChI=1S/C17H17ClFNO3/c1-11(17(21)22)20(13-6-7-16(19)15(18)9-13)10-12-4-3-5-14(8-12)23-2/h3-9,11H,10H2,1-2H3,(H,21,22). The largest absolute Gasteiger partial charge is 0.497 e. The minimum atomic E-state index is -0.978. The van der Waals surface area contributed by atoms with Crippen molar-refractivity contribution in [3.05, 3.63) is 58.9 Å². The van der Waals surface area contributed by atoms with Crippen LogP contribution in [0.2, 0.25) is 5.02 Å². The summed E-state index contributed by atoms with van der Waals surface area (Å²) in [5, 5.41) is 9.30. The van der Waals surface area contributed by atoms with Gasteiger partial charge in [-0.2, -0.15) is 0 Å². The first-order valence-electron chi connectivity index (χ1n) is 7.00. The van der Waals surface area contributed by atoms with Crippen molar-refractivity contribution in [2.24, 2.45) is 0 Å². The van der Waals surface area contributed by atoms with Gasteiger partial charge in [0.25, 0.3) is 0 Å². The molecular weight excluding hydrogens is 321 g/mol. The van der Waals surface area contributed by atoms with Crippen LogP contribution in [0.3, 0.4) is 0 Å². The van der Waals surface area contributed by atoms with E-state index < -0.39 is 17.8 Å². The van der Waals surface area contributed by atoms with E-state index in [2.05, 4.69) is 0 Å². The van der Waals surface area contributed by atoms with Crippen molar-refractivity contribution < 1.29 is 19.0 Å². The topological polar surface area (TPSA) is 49.8 Å². The Morgan fingerprint density at radius 1 is 1.35 bits per heavy atom. The quantitative estimate of drug-likeness (QED) is 0.866. The number of halogens is 2. The second-order valence-electron chi connectivity index (χ2n) is 5.09. The first kappa shape index (κ1) is 17.1. The van der Waals surface area contributed by atoms with Gasteiger partial charge < -0.3 is 14.7 Å². The number of ether oxygens (including phenoxy) is 1. The maximum absolute atomic E-state index is 13.4. The number of hydrogen-bond donors (Lipinski definition) is 1. The summed E-state index contributed by atoms with van der Waals surface area (Å²) in [4.78, 5) is 13.0. The van der Waals surface area contributed by atoms with Gasteiger partial charge in [-0.1, -0.05) is 23.7 Å². The predicted molar refractivity (Wildman–Crippen MR) is 87.7 cm³/mol. The van der Waals surface area contributed by atoms with Crippen molar-refractivity contribution in [2.45, 2.75) is 19.5 Å². The number of aliphatic carboxylic acids is 1. The third-order valence-corrected chi connectivity index (χ3v) is 3.84. The number of rotatable bonds is 6. The average Bonchev–Trinajstić information content (AvgIpc) is 2.54. The normalized spacial score (nSPS) is 11.8. The van der Waals surface area contributed by atoms with Gasteiger partial charge >= 0.3 is 5.97 Å². The van der Waals surface area contributed by atoms with E-state index in [4.69, 9.17) is 16.3 Å². The molecule has 0 bridgehead atoms. The highest BCUT2D eigenvalue weighted by Crippen LogP contribution is 2.26. The molecule has 2 aromatic carbocycles. The van der Waals surface area contributed by atoms with Crippen molar-refractivity contribution >= 4 is 23.3 Å². The summed E-state index contributed by atoms with van der Waals surface area (Å²) < 4.78 is 18.5. The van der Waals surface area contributed by atoms with Crippen LogP contribution in [-0.4, -0.2) is 24.2 Å². The molecule has 4 nitrogen and oxygen atoms in total. The second kappa shape index (κ2) is 7.33. The van der Waals surface area contributed by atoms with E-state index in [1.165, 1.54) is 18.2 Å². The summed E-state index contributed by atoms with van der Waals surface area (Å²) in [6.45, 7) is 1.90. The maximum atomic E-state index is 13.4. The molecule has 2 aromatic rings. The number of methoxy groups -OCH3 is 1. The summed E-state index contributed by atoms with van der Waals surface area (Å²) in [7, 11) is 1.57. The first-order chi connectivity index (χ1) is 10.9. The fraction of sp³-hybridized carbons (Fsp3) is 0.235. The Morgan fingerprint density at radius 2 is 2.09 bits per heavy atom. The Morgan fingerprint density at radius 3 is 2.70 bits per heavy atom. The molecule has 0 aliphatic heterocycles. The van der Waals surface area contributed by atoms with Gasteiger partial charge in [0.05, 0.1) is 12.1 Å². The Kier molecular flexibility index (Phi) is 5.45. The molecule has 6 heteroatoms. The SMILES string of the molecule is COc1cccc(CN(c2ccc(F)c(Cl)c2)C(C)C(=O)O)c1. The van der Waals surface area contributed by atoms with Gasteiger partial charge in [-0.15, -0.1) is 0 Å². The van der Waals surface area contributed by atoms with E-state index in [9.17, 15) is 14.3 Å². The monoisotopic (exact) mass is 337 g/mol. The highest BCUT2D eigenvalue weighted by Gasteiger charge is 2.22. The van der Waals surface area contributed by atoms with Gasteiger partial charge in [0.1, 0.15) is 17.6 Å². The lowest BCUT2D eigenvalue weighted by Crippen LogP contribution is -2.38. The Labute approximate surface area is 139 Å². The van der Waals surface area contributed by atoms with Crippen LogP contribution in [0, 0.1) is 5.82 Å². The molecule has 0 amide bonds. The number of benzene rings is 2. The van der Waals surface area contributed by atoms with E-state index in [0.29, 0.717) is 18.0 Å². The minimum Gasteiger partial charge on any atom is -0.497 e. The van der Waals surface area contributed by atoms with E-state index in [1.54, 1.807) is 18.9 Å². The van der Waals surface area contributed by atoms with Crippen molar-refractivity contribution in [3.8, 4) is 5.75 Å². The van der Waals surface area contributed by atoms with E-state index in [-0.39, 0.29) is 5.02 Å². The molecule has 0 saturated carbocycles. The number of anilines is 1. The smallest absolute Gasteiger partial charge is 0.326 e. The zero-order valence-corrected chi connectivity index (χ0v) is 13.5. The molecule has 0 fully saturated rings. The van der Waals surface area contributed by atoms with Crippen molar-refractivity contribution in [3.63, 3.8) is 0 Å². The van der Waals surface area contributed by atoms with Gasteiger partial charge in [-0.25, -0.2) is 9.18 Å². The summed E-state index contributed by atoms with van der Waals surface area (Å²) in [6, 6.07) is 10.7. The molecule has 1 N–H and O–H groups in total. The lowest BCUT2D eigenvalue weighted by Gasteiger charge is -2.29. The lowest BCUT2D eigenvalue weighted by atomic mass is 10.1. The van der Waals surface area contributed by atoms with Gasteiger partial charge in [-0.05, 0) is 42.8 Å². The van der Waals surface area contributed by atoms with Crippen LogP contribution in [0.25, 0.3) is 0 Å². The van der Waals surface area contributed by atoms with Crippen LogP contribution in [0.4, 0.5) is 10.1 Å². The van der Waals surface area contributed by atoms with Gasteiger partial charge in [0.2, 0.25) is 0 Å². The van der Waals surface area contributed by atoms with E-state index >= 15 is 0 Å². The summed E-state index contributed by atoms with van der Waals surface area (Å²) >= 11 is 5.82. The molecule has 2 rings (SSSR count). The second-order valence-corrected chi connectivity index (χ2v) is 5.50. The fourth-order valence-corrected chi connectivity index (χ4v) is 2.39. The highest BCUT2D eigenvalue weighted by atomic mass is 35.5. The molecule has 0 radical (unpaired) electrons. The third-order valence-electron chi connectivity index (χ3n) is 3.55. The molecule has 1 atom stereocenters. The van der Waals surface area contributed by atoms with Gasteiger partial charge in [-0.3, -0.25) is 0 Å². The number of nitrogens with zero attached hydrogens (tertiary/aromatic N) is 1. The molecule has 122 valence electrons. The van der Waals surface area contributed by atoms with Crippen LogP contribution in [0.15, 0.2) is 42.5 Å². The lowest BCUT2D eigenvalue weighted by molar-refractivity contribution is -0.138. The van der Waals surface area contributed by atoms with Gasteiger partial charge in [0.15, 0.2) is 0 Å². The first-order valence-corrected chi connectivity index (χ1v) is 7.37. The average molecular weight is 338 g/mol. The zero-order chi connectivity index (χ0) is 17.0. The molecule has 0 aliphatic rings. The minimum absolute atomic E-state index is 0.0456. The molecule has 0 aromatic heterocycles. The molecular formula is C17H17ClFNO3. The van der Waals surface area contributed by atoms with Crippen molar-refractivity contribution in [2.75, 3.05) is 12.0 Å². The molecule has 1 unspecified atom stereocenters. The Bertz CT molecular complexity index is 708. The number of carbonyl (C=O) groups is 1. The van der Waals surface area contributed by atoms with Gasteiger partial charge in [0, 0.05) is 12.2 Å². The fourth-order valence-electron chi connectivity index (χ4n) is 2.22. The number of hydrogen-bond acceptors (Lipinski definition) is 3. The number of carboxylic acid groups (broad SMARTS) is 1. The summed E-state index contributed by atoms with van der Waals surface area (Å²) in [5.41, 5.74) is 1.41. The van der Waals surface area contributed by atoms with E-state index in [0.717, 1.165) is 5.56 Å². The molecule has 0 spiro atoms. The molecule has 0 saturated heterocycles. The van der Waals surface area contributed by atoms with Crippen molar-refractivity contribution in [1.29, 1.82) is 0 Å². The van der Waals surface area contributed by atoms with E-state index in [1.807, 2.05) is 24.3 Å². The Balaban J connectivity index is 2.37. The van der Waals surface area contributed by atoms with Crippen LogP contribution < -0.4 is 9.64 Å². The van der Waals surface area contributed by atoms with Crippen LogP contribution in [0.5, 0.6) is 5.75 Å². The molecule has 0 heterocycles.